The van der Waals surface area contributed by atoms with Gasteiger partial charge in [0.2, 0.25) is 0 Å². The smallest absolute Gasteiger partial charge is 0.109 e. The van der Waals surface area contributed by atoms with E-state index in [4.69, 9.17) is 9.47 Å². The lowest BCUT2D eigenvalue weighted by Gasteiger charge is -2.30. The SMILES string of the molecule is CCCNC1(C#N)CCCC1CCOCC1CCCO1. The highest BCUT2D eigenvalue weighted by Crippen LogP contribution is 2.37. The summed E-state index contributed by atoms with van der Waals surface area (Å²) < 4.78 is 11.3. The van der Waals surface area contributed by atoms with Crippen LogP contribution in [-0.4, -0.2) is 38.0 Å². The second-order valence-corrected chi connectivity index (χ2v) is 6.10. The van der Waals surface area contributed by atoms with Crippen LogP contribution < -0.4 is 5.32 Å². The van der Waals surface area contributed by atoms with Gasteiger partial charge >= 0.3 is 0 Å². The molecule has 20 heavy (non-hydrogen) atoms. The van der Waals surface area contributed by atoms with Gasteiger partial charge in [-0.1, -0.05) is 13.3 Å². The Labute approximate surface area is 122 Å². The number of hydrogen-bond donors (Lipinski definition) is 1. The van der Waals surface area contributed by atoms with Crippen molar-refractivity contribution in [2.45, 2.75) is 63.5 Å². The lowest BCUT2D eigenvalue weighted by molar-refractivity contribution is 0.0117. The van der Waals surface area contributed by atoms with E-state index in [-0.39, 0.29) is 5.54 Å². The van der Waals surface area contributed by atoms with Gasteiger partial charge in [0.05, 0.1) is 18.8 Å². The number of nitrogens with zero attached hydrogens (tertiary/aromatic N) is 1. The van der Waals surface area contributed by atoms with Gasteiger partial charge in [-0.3, -0.25) is 5.32 Å². The average molecular weight is 280 g/mol. The van der Waals surface area contributed by atoms with E-state index in [1.807, 2.05) is 0 Å². The predicted molar refractivity (Wildman–Crippen MR) is 78.4 cm³/mol. The van der Waals surface area contributed by atoms with Gasteiger partial charge in [0.15, 0.2) is 0 Å². The van der Waals surface area contributed by atoms with Crippen molar-refractivity contribution in [2.75, 3.05) is 26.4 Å². The van der Waals surface area contributed by atoms with Crippen molar-refractivity contribution >= 4 is 0 Å². The molecule has 2 aliphatic rings. The van der Waals surface area contributed by atoms with Crippen LogP contribution in [0.25, 0.3) is 0 Å². The average Bonchev–Trinajstić information content (AvgIpc) is 3.11. The van der Waals surface area contributed by atoms with Crippen molar-refractivity contribution in [3.8, 4) is 6.07 Å². The summed E-state index contributed by atoms with van der Waals surface area (Å²) in [5.74, 6) is 0.434. The topological polar surface area (TPSA) is 54.3 Å². The molecule has 0 spiro atoms. The third-order valence-corrected chi connectivity index (χ3v) is 4.65. The molecule has 2 rings (SSSR count). The maximum absolute atomic E-state index is 9.57. The summed E-state index contributed by atoms with van der Waals surface area (Å²) in [6, 6.07) is 2.55. The molecule has 1 saturated heterocycles. The molecule has 1 saturated carbocycles. The number of nitriles is 1. The second kappa shape index (κ2) is 7.97. The van der Waals surface area contributed by atoms with E-state index in [1.165, 1.54) is 0 Å². The van der Waals surface area contributed by atoms with Crippen molar-refractivity contribution < 1.29 is 9.47 Å². The molecule has 3 atom stereocenters. The highest BCUT2D eigenvalue weighted by molar-refractivity contribution is 5.14. The third-order valence-electron chi connectivity index (χ3n) is 4.65. The summed E-state index contributed by atoms with van der Waals surface area (Å²) in [5.41, 5.74) is -0.302. The molecule has 0 aromatic carbocycles. The number of nitrogens with one attached hydrogen (secondary N) is 1. The van der Waals surface area contributed by atoms with Crippen LogP contribution in [0.2, 0.25) is 0 Å². The standard InChI is InChI=1S/C16H28N2O2/c1-2-9-18-16(13-17)8-3-5-14(16)7-11-19-12-15-6-4-10-20-15/h14-15,18H,2-12H2,1H3. The molecule has 4 heteroatoms. The Balaban J connectivity index is 1.71. The van der Waals surface area contributed by atoms with Gasteiger partial charge in [-0.05, 0) is 51.0 Å². The van der Waals surface area contributed by atoms with Crippen molar-refractivity contribution in [1.29, 1.82) is 5.26 Å². The molecular weight excluding hydrogens is 252 g/mol. The van der Waals surface area contributed by atoms with E-state index in [0.717, 1.165) is 64.7 Å². The maximum atomic E-state index is 9.57. The van der Waals surface area contributed by atoms with E-state index in [2.05, 4.69) is 18.3 Å². The van der Waals surface area contributed by atoms with Crippen LogP contribution in [0.1, 0.15) is 51.9 Å². The summed E-state index contributed by atoms with van der Waals surface area (Å²) in [6.45, 7) is 5.43. The lowest BCUT2D eigenvalue weighted by Crippen LogP contribution is -2.47. The zero-order valence-electron chi connectivity index (χ0n) is 12.7. The van der Waals surface area contributed by atoms with Gasteiger partial charge in [0.1, 0.15) is 5.54 Å². The zero-order chi connectivity index (χ0) is 14.3. The summed E-state index contributed by atoms with van der Waals surface area (Å²) in [7, 11) is 0. The fraction of sp³-hybridized carbons (Fsp3) is 0.938. The minimum absolute atomic E-state index is 0.302. The van der Waals surface area contributed by atoms with E-state index in [0.29, 0.717) is 18.6 Å². The quantitative estimate of drug-likeness (QED) is 0.694. The summed E-state index contributed by atoms with van der Waals surface area (Å²) >= 11 is 0. The number of ether oxygens (including phenoxy) is 2. The fourth-order valence-electron chi connectivity index (χ4n) is 3.45. The van der Waals surface area contributed by atoms with Crippen LogP contribution in [-0.2, 0) is 9.47 Å². The van der Waals surface area contributed by atoms with E-state index >= 15 is 0 Å². The first-order valence-electron chi connectivity index (χ1n) is 8.16. The van der Waals surface area contributed by atoms with Crippen LogP contribution >= 0.6 is 0 Å². The minimum atomic E-state index is -0.302. The molecule has 1 aliphatic carbocycles. The van der Waals surface area contributed by atoms with Gasteiger partial charge < -0.3 is 9.47 Å². The normalized spacial score (nSPS) is 33.4. The zero-order valence-corrected chi connectivity index (χ0v) is 12.7. The first-order valence-corrected chi connectivity index (χ1v) is 8.16. The molecule has 114 valence electrons. The Bertz CT molecular complexity index is 323. The lowest BCUT2D eigenvalue weighted by atomic mass is 9.86. The molecule has 0 bridgehead atoms. The summed E-state index contributed by atoms with van der Waals surface area (Å²) in [6.07, 6.45) is 7.94. The van der Waals surface area contributed by atoms with Crippen molar-refractivity contribution in [3.63, 3.8) is 0 Å². The Morgan fingerprint density at radius 3 is 3.00 bits per heavy atom. The highest BCUT2D eigenvalue weighted by Gasteiger charge is 2.42. The molecule has 4 nitrogen and oxygen atoms in total. The highest BCUT2D eigenvalue weighted by atomic mass is 16.5. The summed E-state index contributed by atoms with van der Waals surface area (Å²) in [4.78, 5) is 0. The third kappa shape index (κ3) is 3.94. The molecule has 0 amide bonds. The molecule has 0 aromatic heterocycles. The second-order valence-electron chi connectivity index (χ2n) is 6.10. The minimum Gasteiger partial charge on any atom is -0.379 e. The van der Waals surface area contributed by atoms with E-state index in [9.17, 15) is 5.26 Å². The Kier molecular flexibility index (Phi) is 6.28. The summed E-state index contributed by atoms with van der Waals surface area (Å²) in [5, 5.41) is 13.1. The molecule has 1 heterocycles. The van der Waals surface area contributed by atoms with E-state index < -0.39 is 0 Å². The monoisotopic (exact) mass is 280 g/mol. The van der Waals surface area contributed by atoms with Crippen LogP contribution in [0.3, 0.4) is 0 Å². The van der Waals surface area contributed by atoms with Gasteiger partial charge in [0.25, 0.3) is 0 Å². The van der Waals surface area contributed by atoms with Gasteiger partial charge in [0, 0.05) is 13.2 Å². The van der Waals surface area contributed by atoms with Crippen LogP contribution in [0.4, 0.5) is 0 Å². The predicted octanol–water partition coefficient (Wildman–Crippen LogP) is 2.63. The van der Waals surface area contributed by atoms with Gasteiger partial charge in [-0.25, -0.2) is 0 Å². The van der Waals surface area contributed by atoms with Crippen molar-refractivity contribution in [2.24, 2.45) is 5.92 Å². The Morgan fingerprint density at radius 2 is 2.30 bits per heavy atom. The van der Waals surface area contributed by atoms with Crippen LogP contribution in [0.15, 0.2) is 0 Å². The molecule has 1 N–H and O–H groups in total. The first-order chi connectivity index (χ1) is 9.80. The first kappa shape index (κ1) is 15.8. The van der Waals surface area contributed by atoms with Crippen molar-refractivity contribution in [1.82, 2.24) is 5.32 Å². The van der Waals surface area contributed by atoms with Gasteiger partial charge in [-0.15, -0.1) is 0 Å². The molecule has 3 unspecified atom stereocenters. The largest absolute Gasteiger partial charge is 0.379 e. The number of rotatable bonds is 8. The van der Waals surface area contributed by atoms with Crippen molar-refractivity contribution in [3.05, 3.63) is 0 Å². The fourth-order valence-corrected chi connectivity index (χ4v) is 3.45. The molecule has 0 aromatic rings. The molecule has 0 radical (unpaired) electrons. The Hall–Kier alpha value is -0.630. The molecular formula is C16H28N2O2. The van der Waals surface area contributed by atoms with Crippen LogP contribution in [0, 0.1) is 17.2 Å². The maximum Gasteiger partial charge on any atom is 0.109 e. The molecule has 1 aliphatic heterocycles. The molecule has 2 fully saturated rings. The Morgan fingerprint density at radius 1 is 1.40 bits per heavy atom. The van der Waals surface area contributed by atoms with E-state index in [1.54, 1.807) is 0 Å². The van der Waals surface area contributed by atoms with Gasteiger partial charge in [-0.2, -0.15) is 5.26 Å². The van der Waals surface area contributed by atoms with Crippen LogP contribution in [0.5, 0.6) is 0 Å². The number of hydrogen-bond acceptors (Lipinski definition) is 4.